The number of rotatable bonds is 8. The number of nitrogens with two attached hydrogens (primary N) is 1. The fourth-order valence-corrected chi connectivity index (χ4v) is 5.45. The molecule has 2 aliphatic heterocycles. The van der Waals surface area contributed by atoms with Crippen molar-refractivity contribution in [2.75, 3.05) is 26.3 Å². The Kier molecular flexibility index (Phi) is 7.44. The standard InChI is InChI=1S/C31H32N4O6/c1-34-25-10-8-21(15-23(25)17-33-34)19-4-6-20(7-5-19)30(37)31(38)41-28-3-2-12-35(28)18-24(32)29(36)22-9-11-26-27(16-22)40-14-13-39-26/h4-11,15-17,24,28-29,36H,2-3,12-14,18,32H2,1H3/t24-,28?,29-/m1/s1. The van der Waals surface area contributed by atoms with Gasteiger partial charge in [0.05, 0.1) is 17.8 Å². The molecule has 0 bridgehead atoms. The van der Waals surface area contributed by atoms with Gasteiger partial charge in [-0.05, 0) is 53.8 Å². The van der Waals surface area contributed by atoms with E-state index in [0.717, 1.165) is 28.5 Å². The fourth-order valence-electron chi connectivity index (χ4n) is 5.45. The zero-order chi connectivity index (χ0) is 28.5. The number of aliphatic hydroxyl groups is 1. The van der Waals surface area contributed by atoms with E-state index in [-0.39, 0.29) is 12.1 Å². The first kappa shape index (κ1) is 26.9. The first-order chi connectivity index (χ1) is 19.9. The number of Topliss-reactive ketones (excluding diaryl/α,β-unsaturated/α-hetero) is 1. The Bertz CT molecular complexity index is 1580. The minimum Gasteiger partial charge on any atom is -0.486 e. The maximum Gasteiger partial charge on any atom is 0.381 e. The molecular formula is C31H32N4O6. The van der Waals surface area contributed by atoms with Crippen LogP contribution in [0.5, 0.6) is 11.5 Å². The molecule has 3 aromatic carbocycles. The number of carbonyl (C=O) groups excluding carboxylic acids is 2. The highest BCUT2D eigenvalue weighted by Gasteiger charge is 2.33. The first-order valence-corrected chi connectivity index (χ1v) is 13.7. The van der Waals surface area contributed by atoms with Gasteiger partial charge in [-0.3, -0.25) is 14.4 Å². The minimum absolute atomic E-state index is 0.261. The topological polar surface area (TPSA) is 129 Å². The van der Waals surface area contributed by atoms with E-state index in [0.29, 0.717) is 43.2 Å². The number of fused-ring (bicyclic) bond motifs is 2. The lowest BCUT2D eigenvalue weighted by molar-refractivity contribution is -0.151. The summed E-state index contributed by atoms with van der Waals surface area (Å²) < 4.78 is 18.6. The van der Waals surface area contributed by atoms with Crippen molar-refractivity contribution < 1.29 is 28.9 Å². The normalized spacial score (nSPS) is 18.3. The lowest BCUT2D eigenvalue weighted by Gasteiger charge is -2.29. The Morgan fingerprint density at radius 1 is 1.05 bits per heavy atom. The SMILES string of the molecule is Cn1ncc2cc(-c3ccc(C(=O)C(=O)OC4CCCN4C[C@@H](N)[C@H](O)c4ccc5c(c4)OCCO5)cc3)ccc21. The van der Waals surface area contributed by atoms with Crippen LogP contribution < -0.4 is 15.2 Å². The predicted molar refractivity (Wildman–Crippen MR) is 152 cm³/mol. The smallest absolute Gasteiger partial charge is 0.381 e. The van der Waals surface area contributed by atoms with Gasteiger partial charge in [0.2, 0.25) is 0 Å². The molecule has 3 heterocycles. The van der Waals surface area contributed by atoms with Gasteiger partial charge < -0.3 is 25.1 Å². The summed E-state index contributed by atoms with van der Waals surface area (Å²) >= 11 is 0. The zero-order valence-corrected chi connectivity index (χ0v) is 22.7. The number of aryl methyl sites for hydroxylation is 1. The highest BCUT2D eigenvalue weighted by molar-refractivity contribution is 6.40. The van der Waals surface area contributed by atoms with Gasteiger partial charge in [0.1, 0.15) is 13.2 Å². The highest BCUT2D eigenvalue weighted by Crippen LogP contribution is 2.33. The summed E-state index contributed by atoms with van der Waals surface area (Å²) in [6, 6.07) is 17.6. The van der Waals surface area contributed by atoms with Crippen molar-refractivity contribution in [3.8, 4) is 22.6 Å². The van der Waals surface area contributed by atoms with Crippen LogP contribution in [0.15, 0.2) is 66.9 Å². The van der Waals surface area contributed by atoms with Gasteiger partial charge in [0, 0.05) is 37.1 Å². The monoisotopic (exact) mass is 556 g/mol. The molecule has 1 unspecified atom stereocenters. The number of hydrogen-bond acceptors (Lipinski definition) is 9. The molecule has 2 aliphatic rings. The molecule has 4 aromatic rings. The van der Waals surface area contributed by atoms with E-state index in [1.807, 2.05) is 53.2 Å². The second-order valence-corrected chi connectivity index (χ2v) is 10.5. The lowest BCUT2D eigenvalue weighted by Crippen LogP contribution is -2.45. The summed E-state index contributed by atoms with van der Waals surface area (Å²) in [4.78, 5) is 27.6. The van der Waals surface area contributed by atoms with E-state index in [1.54, 1.807) is 30.3 Å². The maximum atomic E-state index is 12.9. The molecule has 6 rings (SSSR count). The van der Waals surface area contributed by atoms with Crippen LogP contribution in [-0.2, 0) is 16.6 Å². The average Bonchev–Trinajstić information content (AvgIpc) is 3.61. The van der Waals surface area contributed by atoms with Crippen LogP contribution in [0.3, 0.4) is 0 Å². The van der Waals surface area contributed by atoms with Crippen LogP contribution in [0.2, 0.25) is 0 Å². The van der Waals surface area contributed by atoms with Crippen molar-refractivity contribution in [2.24, 2.45) is 12.8 Å². The van der Waals surface area contributed by atoms with Gasteiger partial charge in [0.25, 0.3) is 5.78 Å². The van der Waals surface area contributed by atoms with Gasteiger partial charge in [-0.15, -0.1) is 0 Å². The van der Waals surface area contributed by atoms with E-state index >= 15 is 0 Å². The number of likely N-dealkylation sites (tertiary alicyclic amines) is 1. The van der Waals surface area contributed by atoms with Crippen LogP contribution in [0, 0.1) is 0 Å². The van der Waals surface area contributed by atoms with Crippen molar-refractivity contribution >= 4 is 22.7 Å². The first-order valence-electron chi connectivity index (χ1n) is 13.7. The third kappa shape index (κ3) is 5.54. The summed E-state index contributed by atoms with van der Waals surface area (Å²) in [5, 5.41) is 16.2. The number of carbonyl (C=O) groups is 2. The number of esters is 1. The molecule has 0 radical (unpaired) electrons. The summed E-state index contributed by atoms with van der Waals surface area (Å²) in [5.41, 5.74) is 10.2. The van der Waals surface area contributed by atoms with Crippen LogP contribution in [-0.4, -0.2) is 70.1 Å². The Morgan fingerprint density at radius 3 is 2.61 bits per heavy atom. The molecule has 0 amide bonds. The molecule has 41 heavy (non-hydrogen) atoms. The molecule has 212 valence electrons. The van der Waals surface area contributed by atoms with E-state index < -0.39 is 30.1 Å². The van der Waals surface area contributed by atoms with Crippen molar-refractivity contribution in [1.29, 1.82) is 0 Å². The van der Waals surface area contributed by atoms with Crippen LogP contribution in [0.4, 0.5) is 0 Å². The molecule has 3 N–H and O–H groups in total. The summed E-state index contributed by atoms with van der Waals surface area (Å²) in [7, 11) is 1.89. The van der Waals surface area contributed by atoms with E-state index in [2.05, 4.69) is 5.10 Å². The van der Waals surface area contributed by atoms with Gasteiger partial charge in [-0.25, -0.2) is 4.79 Å². The van der Waals surface area contributed by atoms with Gasteiger partial charge >= 0.3 is 5.97 Å². The summed E-state index contributed by atoms with van der Waals surface area (Å²) in [6.45, 7) is 1.87. The molecule has 1 fully saturated rings. The van der Waals surface area contributed by atoms with Crippen molar-refractivity contribution in [1.82, 2.24) is 14.7 Å². The number of nitrogens with zero attached hydrogens (tertiary/aromatic N) is 3. The van der Waals surface area contributed by atoms with Crippen LogP contribution in [0.25, 0.3) is 22.0 Å². The quantitative estimate of drug-likeness (QED) is 0.191. The Labute approximate surface area is 237 Å². The molecular weight excluding hydrogens is 524 g/mol. The number of ether oxygens (including phenoxy) is 3. The van der Waals surface area contributed by atoms with Gasteiger partial charge in [0.15, 0.2) is 17.7 Å². The zero-order valence-electron chi connectivity index (χ0n) is 22.7. The van der Waals surface area contributed by atoms with Crippen LogP contribution in [0.1, 0.15) is 34.9 Å². The van der Waals surface area contributed by atoms with Gasteiger partial charge in [-0.1, -0.05) is 36.4 Å². The van der Waals surface area contributed by atoms with Crippen molar-refractivity contribution in [3.63, 3.8) is 0 Å². The number of ketones is 1. The Morgan fingerprint density at radius 2 is 1.80 bits per heavy atom. The van der Waals surface area contributed by atoms with E-state index in [9.17, 15) is 14.7 Å². The number of benzene rings is 3. The molecule has 10 heteroatoms. The van der Waals surface area contributed by atoms with Crippen molar-refractivity contribution in [3.05, 3.63) is 78.0 Å². The summed E-state index contributed by atoms with van der Waals surface area (Å²) in [5.74, 6) is -0.397. The number of aromatic nitrogens is 2. The Hall–Kier alpha value is -4.25. The number of aliphatic hydroxyl groups excluding tert-OH is 1. The second-order valence-electron chi connectivity index (χ2n) is 10.5. The predicted octanol–water partition coefficient (Wildman–Crippen LogP) is 3.22. The highest BCUT2D eigenvalue weighted by atomic mass is 16.6. The average molecular weight is 557 g/mol. The molecule has 0 spiro atoms. The second kappa shape index (κ2) is 11.3. The molecule has 1 saturated heterocycles. The largest absolute Gasteiger partial charge is 0.486 e. The van der Waals surface area contributed by atoms with Gasteiger partial charge in [-0.2, -0.15) is 5.10 Å². The third-order valence-electron chi connectivity index (χ3n) is 7.72. The van der Waals surface area contributed by atoms with E-state index in [4.69, 9.17) is 19.9 Å². The molecule has 3 atom stereocenters. The van der Waals surface area contributed by atoms with Crippen LogP contribution >= 0.6 is 0 Å². The molecule has 10 nitrogen and oxygen atoms in total. The van der Waals surface area contributed by atoms with Crippen molar-refractivity contribution in [2.45, 2.75) is 31.2 Å². The molecule has 0 saturated carbocycles. The lowest BCUT2D eigenvalue weighted by atomic mass is 10.0. The maximum absolute atomic E-state index is 12.9. The molecule has 1 aromatic heterocycles. The summed E-state index contributed by atoms with van der Waals surface area (Å²) in [6.07, 6.45) is 1.64. The fraction of sp³-hybridized carbons (Fsp3) is 0.323. The third-order valence-corrected chi connectivity index (χ3v) is 7.72. The minimum atomic E-state index is -0.957. The molecule has 0 aliphatic carbocycles. The Balaban J connectivity index is 1.07. The van der Waals surface area contributed by atoms with E-state index in [1.165, 1.54) is 0 Å². The number of hydrogen-bond donors (Lipinski definition) is 2.